The van der Waals surface area contributed by atoms with Crippen LogP contribution in [0.3, 0.4) is 0 Å². The van der Waals surface area contributed by atoms with Gasteiger partial charge in [-0.3, -0.25) is 0 Å². The van der Waals surface area contributed by atoms with E-state index in [-0.39, 0.29) is 11.9 Å². The average Bonchev–Trinajstić information content (AvgIpc) is 3.04. The van der Waals surface area contributed by atoms with E-state index < -0.39 is 0 Å². The van der Waals surface area contributed by atoms with Crippen LogP contribution in [0.25, 0.3) is 0 Å². The van der Waals surface area contributed by atoms with Gasteiger partial charge in [0, 0.05) is 25.2 Å². The van der Waals surface area contributed by atoms with Gasteiger partial charge in [-0.2, -0.15) is 0 Å². The number of nitrogens with zero attached hydrogens (tertiary/aromatic N) is 3. The lowest BCUT2D eigenvalue weighted by molar-refractivity contribution is 0.601. The fourth-order valence-electron chi connectivity index (χ4n) is 2.84. The Labute approximate surface area is 130 Å². The molecule has 0 radical (unpaired) electrons. The number of halogens is 1. The van der Waals surface area contributed by atoms with Crippen LogP contribution in [0.4, 0.5) is 16.0 Å². The van der Waals surface area contributed by atoms with Gasteiger partial charge in [0.25, 0.3) is 0 Å². The molecule has 1 saturated heterocycles. The quantitative estimate of drug-likeness (QED) is 0.920. The molecule has 1 unspecified atom stereocenters. The summed E-state index contributed by atoms with van der Waals surface area (Å²) in [6.45, 7) is 4.15. The lowest BCUT2D eigenvalue weighted by atomic mass is 10.1. The van der Waals surface area contributed by atoms with Crippen molar-refractivity contribution in [2.24, 2.45) is 0 Å². The van der Waals surface area contributed by atoms with Crippen molar-refractivity contribution in [3.63, 3.8) is 0 Å². The van der Waals surface area contributed by atoms with Gasteiger partial charge in [0.1, 0.15) is 23.8 Å². The molecule has 3 rings (SSSR count). The predicted octanol–water partition coefficient (Wildman–Crippen LogP) is 3.26. The molecule has 0 bridgehead atoms. The molecule has 0 aliphatic carbocycles. The molecule has 1 aromatic carbocycles. The molecule has 0 spiro atoms. The van der Waals surface area contributed by atoms with E-state index in [1.54, 1.807) is 12.4 Å². The third kappa shape index (κ3) is 3.53. The molecule has 1 aromatic heterocycles. The number of hydrogen-bond acceptors (Lipinski definition) is 4. The Bertz CT molecular complexity index is 626. The highest BCUT2D eigenvalue weighted by molar-refractivity contribution is 5.49. The van der Waals surface area contributed by atoms with Gasteiger partial charge in [0.2, 0.25) is 0 Å². The molecule has 1 N–H and O–H groups in total. The smallest absolute Gasteiger partial charge is 0.134 e. The third-order valence-corrected chi connectivity index (χ3v) is 3.96. The highest BCUT2D eigenvalue weighted by Gasteiger charge is 2.15. The van der Waals surface area contributed by atoms with Gasteiger partial charge in [-0.1, -0.05) is 18.2 Å². The molecule has 22 heavy (non-hydrogen) atoms. The first-order valence-corrected chi connectivity index (χ1v) is 7.79. The van der Waals surface area contributed by atoms with Crippen LogP contribution in [-0.4, -0.2) is 29.1 Å². The number of aromatic nitrogens is 2. The first-order chi connectivity index (χ1) is 10.7. The van der Waals surface area contributed by atoms with Crippen LogP contribution in [0, 0.1) is 5.82 Å². The van der Waals surface area contributed by atoms with Crippen LogP contribution in [0.2, 0.25) is 0 Å². The summed E-state index contributed by atoms with van der Waals surface area (Å²) in [6.07, 6.45) is 4.65. The van der Waals surface area contributed by atoms with Gasteiger partial charge in [0.15, 0.2) is 0 Å². The minimum atomic E-state index is -0.156. The van der Waals surface area contributed by atoms with E-state index in [0.29, 0.717) is 6.42 Å². The second kappa shape index (κ2) is 6.73. The van der Waals surface area contributed by atoms with Crippen LogP contribution in [0.5, 0.6) is 0 Å². The summed E-state index contributed by atoms with van der Waals surface area (Å²) in [5.74, 6) is 1.60. The first-order valence-electron chi connectivity index (χ1n) is 7.79. The minimum absolute atomic E-state index is 0.0956. The summed E-state index contributed by atoms with van der Waals surface area (Å²) < 4.78 is 13.7. The fraction of sp³-hybridized carbons (Fsp3) is 0.412. The van der Waals surface area contributed by atoms with E-state index in [9.17, 15) is 4.39 Å². The predicted molar refractivity (Wildman–Crippen MR) is 86.7 cm³/mol. The summed E-state index contributed by atoms with van der Waals surface area (Å²) >= 11 is 0. The van der Waals surface area contributed by atoms with Crippen molar-refractivity contribution < 1.29 is 4.39 Å². The van der Waals surface area contributed by atoms with Gasteiger partial charge >= 0.3 is 0 Å². The van der Waals surface area contributed by atoms with Crippen molar-refractivity contribution >= 4 is 11.6 Å². The van der Waals surface area contributed by atoms with Crippen LogP contribution >= 0.6 is 0 Å². The Morgan fingerprint density at radius 2 is 2.00 bits per heavy atom. The zero-order valence-corrected chi connectivity index (χ0v) is 12.8. The van der Waals surface area contributed by atoms with E-state index in [4.69, 9.17) is 0 Å². The largest absolute Gasteiger partial charge is 0.367 e. The molecule has 116 valence electrons. The Morgan fingerprint density at radius 1 is 1.23 bits per heavy atom. The first kappa shape index (κ1) is 14.8. The third-order valence-electron chi connectivity index (χ3n) is 3.96. The number of anilines is 2. The van der Waals surface area contributed by atoms with Crippen molar-refractivity contribution in [3.05, 3.63) is 48.0 Å². The van der Waals surface area contributed by atoms with Gasteiger partial charge in [0.05, 0.1) is 0 Å². The molecule has 1 aliphatic heterocycles. The zero-order valence-electron chi connectivity index (χ0n) is 12.8. The molecule has 2 heterocycles. The minimum Gasteiger partial charge on any atom is -0.367 e. The lowest BCUT2D eigenvalue weighted by Crippen LogP contribution is -2.22. The maximum Gasteiger partial charge on any atom is 0.134 e. The molecule has 0 saturated carbocycles. The summed E-state index contributed by atoms with van der Waals surface area (Å²) in [7, 11) is 0. The normalized spacial score (nSPS) is 15.8. The van der Waals surface area contributed by atoms with Crippen molar-refractivity contribution in [3.8, 4) is 0 Å². The van der Waals surface area contributed by atoms with Crippen molar-refractivity contribution in [1.29, 1.82) is 0 Å². The number of rotatable bonds is 5. The second-order valence-corrected chi connectivity index (χ2v) is 5.80. The Hall–Kier alpha value is -2.17. The molecular formula is C17H21FN4. The Morgan fingerprint density at radius 3 is 2.77 bits per heavy atom. The summed E-state index contributed by atoms with van der Waals surface area (Å²) in [5, 5.41) is 3.34. The second-order valence-electron chi connectivity index (χ2n) is 5.80. The van der Waals surface area contributed by atoms with E-state index in [0.717, 1.165) is 30.3 Å². The van der Waals surface area contributed by atoms with E-state index in [1.165, 1.54) is 18.9 Å². The van der Waals surface area contributed by atoms with Gasteiger partial charge < -0.3 is 10.2 Å². The topological polar surface area (TPSA) is 41.0 Å². The summed E-state index contributed by atoms with van der Waals surface area (Å²) in [5.41, 5.74) is 0.719. The molecule has 1 aliphatic rings. The van der Waals surface area contributed by atoms with Gasteiger partial charge in [-0.05, 0) is 37.8 Å². The zero-order chi connectivity index (χ0) is 15.4. The number of hydrogen-bond donors (Lipinski definition) is 1. The average molecular weight is 300 g/mol. The Balaban J connectivity index is 1.65. The SMILES string of the molecule is CC(Cc1ccccc1F)Nc1cc(N2CCCC2)ncn1. The number of benzene rings is 1. The van der Waals surface area contributed by atoms with E-state index >= 15 is 0 Å². The number of nitrogens with one attached hydrogen (secondary N) is 1. The highest BCUT2D eigenvalue weighted by atomic mass is 19.1. The molecule has 2 aromatic rings. The van der Waals surface area contributed by atoms with Gasteiger partial charge in [-0.25, -0.2) is 14.4 Å². The van der Waals surface area contributed by atoms with Crippen molar-refractivity contribution in [1.82, 2.24) is 9.97 Å². The van der Waals surface area contributed by atoms with E-state index in [1.807, 2.05) is 25.1 Å². The van der Waals surface area contributed by atoms with Crippen LogP contribution in [0.1, 0.15) is 25.3 Å². The fourth-order valence-corrected chi connectivity index (χ4v) is 2.84. The monoisotopic (exact) mass is 300 g/mol. The van der Waals surface area contributed by atoms with Crippen LogP contribution in [0.15, 0.2) is 36.7 Å². The molecule has 4 nitrogen and oxygen atoms in total. The summed E-state index contributed by atoms with van der Waals surface area (Å²) in [6, 6.07) is 8.97. The van der Waals surface area contributed by atoms with E-state index in [2.05, 4.69) is 20.2 Å². The molecule has 1 atom stereocenters. The maximum atomic E-state index is 13.7. The van der Waals surface area contributed by atoms with Crippen LogP contribution in [-0.2, 0) is 6.42 Å². The molecule has 0 amide bonds. The Kier molecular flexibility index (Phi) is 4.51. The molecular weight excluding hydrogens is 279 g/mol. The van der Waals surface area contributed by atoms with Crippen LogP contribution < -0.4 is 10.2 Å². The maximum absolute atomic E-state index is 13.7. The van der Waals surface area contributed by atoms with Crippen molar-refractivity contribution in [2.75, 3.05) is 23.3 Å². The highest BCUT2D eigenvalue weighted by Crippen LogP contribution is 2.20. The molecule has 5 heteroatoms. The standard InChI is InChI=1S/C17H21FN4/c1-13(10-14-6-2-3-7-15(14)18)21-16-11-17(20-12-19-16)22-8-4-5-9-22/h2-3,6-7,11-13H,4-5,8-10H2,1H3,(H,19,20,21). The summed E-state index contributed by atoms with van der Waals surface area (Å²) in [4.78, 5) is 10.9. The lowest BCUT2D eigenvalue weighted by Gasteiger charge is -2.19. The van der Waals surface area contributed by atoms with Gasteiger partial charge in [-0.15, -0.1) is 0 Å². The van der Waals surface area contributed by atoms with Crippen molar-refractivity contribution in [2.45, 2.75) is 32.2 Å². The molecule has 1 fully saturated rings.